The molecule has 9 aromatic rings. The Morgan fingerprint density at radius 3 is 2.16 bits per heavy atom. The van der Waals surface area contributed by atoms with Gasteiger partial charge in [-0.15, -0.1) is 16.4 Å². The molecule has 4 aromatic heterocycles. The number of halogens is 2. The number of nitrogens with zero attached hydrogens (tertiary/aromatic N) is 11. The second kappa shape index (κ2) is 48.8. The molecule has 718 valence electrons. The van der Waals surface area contributed by atoms with Gasteiger partial charge >= 0.3 is 40.2 Å². The minimum atomic E-state index is -4.58. The summed E-state index contributed by atoms with van der Waals surface area (Å²) in [6, 6.07) is 27.8. The number of imide groups is 1. The van der Waals surface area contributed by atoms with Gasteiger partial charge in [0.15, 0.2) is 5.82 Å². The van der Waals surface area contributed by atoms with Crippen molar-refractivity contribution in [3.05, 3.63) is 185 Å². The SMILES string of the molecule is COc1ccccc1-c1nccc(COc2ccccc2C[C@@H](Oc2ncnc3sc(-c4ccc(F)cc4)c(-c4ccc(OCCN5CC[N+](C)(Cc6ccc(NC(=O)[C@H](CCCNC(N)=O)NC(=O)[C@@H](NC(=O)CCOCCN7C(=O)C=CC7=O)C(C)C)cc6COCc6cn(CCOC(=O)NS(=O)(=O)NCCC(=O)N(CCC(=O)O)CCC(=O)O)nn6)CC5)c(Cl)c4C)c23)C(=O)O)n1. The largest absolute Gasteiger partial charge is 0.496 e. The van der Waals surface area contributed by atoms with E-state index in [1.165, 1.54) is 40.7 Å². The van der Waals surface area contributed by atoms with Crippen molar-refractivity contribution in [2.75, 3.05) is 111 Å². The van der Waals surface area contributed by atoms with Gasteiger partial charge in [-0.3, -0.25) is 48.2 Å². The molecule has 11 rings (SSSR count). The van der Waals surface area contributed by atoms with E-state index in [1.807, 2.05) is 48.0 Å². The topological polar surface area (TPSA) is 537 Å². The number of piperazine rings is 1. The molecule has 9 amide bonds. The number of hydrogen-bond donors (Lipinski definition) is 10. The maximum Gasteiger partial charge on any atom is 0.421 e. The van der Waals surface area contributed by atoms with Crippen LogP contribution in [0.15, 0.2) is 140 Å². The van der Waals surface area contributed by atoms with Gasteiger partial charge < -0.3 is 84.9 Å². The number of ether oxygens (including phenoxy) is 7. The monoisotopic (exact) mass is 1920 g/mol. The van der Waals surface area contributed by atoms with Crippen LogP contribution in [0.25, 0.3) is 43.2 Å². The summed E-state index contributed by atoms with van der Waals surface area (Å²) in [4.78, 5) is 162. The number of benzene rings is 5. The number of carbonyl (C=O) groups is 11. The highest BCUT2D eigenvalue weighted by atomic mass is 35.5. The predicted octanol–water partition coefficient (Wildman–Crippen LogP) is 6.97. The van der Waals surface area contributed by atoms with E-state index in [-0.39, 0.29) is 104 Å². The van der Waals surface area contributed by atoms with Crippen molar-refractivity contribution < 1.29 is 119 Å². The third kappa shape index (κ3) is 29.9. The number of quaternary nitrogens is 1. The zero-order valence-corrected chi connectivity index (χ0v) is 76.9. The van der Waals surface area contributed by atoms with E-state index in [4.69, 9.17) is 65.7 Å². The Bertz CT molecular complexity index is 5870. The Morgan fingerprint density at radius 2 is 1.45 bits per heavy atom. The number of thiophene rings is 1. The summed E-state index contributed by atoms with van der Waals surface area (Å²) in [5, 5.41) is 48.9. The van der Waals surface area contributed by atoms with E-state index in [2.05, 4.69) is 58.5 Å². The Kier molecular flexibility index (Phi) is 36.8. The van der Waals surface area contributed by atoms with Crippen LogP contribution in [0, 0.1) is 18.7 Å². The first-order chi connectivity index (χ1) is 64.7. The third-order valence-electron chi connectivity index (χ3n) is 21.9. The van der Waals surface area contributed by atoms with Gasteiger partial charge in [-0.25, -0.2) is 48.1 Å². The Balaban J connectivity index is 0.745. The molecule has 41 nitrogen and oxygen atoms in total. The Morgan fingerprint density at radius 1 is 0.726 bits per heavy atom. The number of para-hydroxylation sites is 2. The van der Waals surface area contributed by atoms with E-state index in [1.54, 1.807) is 92.5 Å². The highest BCUT2D eigenvalue weighted by Crippen LogP contribution is 2.50. The fourth-order valence-electron chi connectivity index (χ4n) is 14.7. The van der Waals surface area contributed by atoms with Gasteiger partial charge in [0.1, 0.15) is 78.4 Å². The molecule has 0 aliphatic carbocycles. The molecule has 0 unspecified atom stereocenters. The molecule has 1 saturated heterocycles. The van der Waals surface area contributed by atoms with E-state index in [0.29, 0.717) is 143 Å². The molecule has 5 aromatic carbocycles. The van der Waals surface area contributed by atoms with Crippen molar-refractivity contribution in [1.29, 1.82) is 0 Å². The number of carbonyl (C=O) groups excluding carboxylic acids is 8. The molecule has 0 radical (unpaired) electrons. The molecule has 0 saturated carbocycles. The zero-order chi connectivity index (χ0) is 96.9. The number of aliphatic carboxylic acids is 3. The summed E-state index contributed by atoms with van der Waals surface area (Å²) >= 11 is 8.61. The molecular formula is C90H105ClFN18O23S2+. The number of methoxy groups -OCH3 is 1. The first-order valence-corrected chi connectivity index (χ1v) is 45.7. The lowest BCUT2D eigenvalue weighted by molar-refractivity contribution is -0.926. The molecule has 1 fully saturated rings. The van der Waals surface area contributed by atoms with Gasteiger partial charge in [0.2, 0.25) is 35.6 Å². The third-order valence-corrected chi connectivity index (χ3v) is 24.5. The normalized spacial score (nSPS) is 13.8. The van der Waals surface area contributed by atoms with Crippen LogP contribution in [0.5, 0.6) is 23.1 Å². The number of amides is 9. The number of rotatable bonds is 52. The van der Waals surface area contributed by atoms with E-state index in [9.17, 15) is 70.7 Å². The fourth-order valence-corrected chi connectivity index (χ4v) is 16.8. The average Bonchev–Trinajstić information content (AvgIpc) is 1.60. The number of anilines is 1. The van der Waals surface area contributed by atoms with Crippen molar-refractivity contribution >= 4 is 115 Å². The highest BCUT2D eigenvalue weighted by Gasteiger charge is 2.35. The Labute approximate surface area is 784 Å². The lowest BCUT2D eigenvalue weighted by atomic mass is 9.96. The number of likely N-dealkylation sites (N-methyl/N-ethyl adjacent to an activating group) is 1. The molecule has 6 heterocycles. The second-order valence-corrected chi connectivity index (χ2v) is 34.9. The fraction of sp³-hybridized carbons (Fsp3) is 0.389. The number of aromatic nitrogens is 7. The molecule has 0 spiro atoms. The summed E-state index contributed by atoms with van der Waals surface area (Å²) in [6.45, 7) is 7.16. The number of carboxylic acid groups (broad SMARTS) is 3. The van der Waals surface area contributed by atoms with Crippen LogP contribution in [0.1, 0.15) is 86.0 Å². The van der Waals surface area contributed by atoms with Crippen LogP contribution in [-0.2, 0) is 107 Å². The maximum atomic E-state index is 14.7. The summed E-state index contributed by atoms with van der Waals surface area (Å²) in [5.41, 5.74) is 11.7. The minimum Gasteiger partial charge on any atom is -0.496 e. The van der Waals surface area contributed by atoms with E-state index in [0.717, 1.165) is 27.5 Å². The number of nitrogens with one attached hydrogen (secondary N) is 6. The number of nitrogens with two attached hydrogens (primary N) is 1. The molecule has 3 atom stereocenters. The van der Waals surface area contributed by atoms with Crippen molar-refractivity contribution in [2.45, 2.75) is 117 Å². The number of carboxylic acids is 3. The number of urea groups is 1. The van der Waals surface area contributed by atoms with Gasteiger partial charge in [0.05, 0.1) is 107 Å². The predicted molar refractivity (Wildman–Crippen MR) is 488 cm³/mol. The summed E-state index contributed by atoms with van der Waals surface area (Å²) < 4.78 is 87.2. The average molecular weight is 1930 g/mol. The van der Waals surface area contributed by atoms with Crippen LogP contribution >= 0.6 is 22.9 Å². The van der Waals surface area contributed by atoms with Crippen molar-refractivity contribution in [3.8, 4) is 56.1 Å². The van der Waals surface area contributed by atoms with Crippen molar-refractivity contribution in [3.63, 3.8) is 0 Å². The van der Waals surface area contributed by atoms with Crippen molar-refractivity contribution in [1.82, 2.24) is 75.0 Å². The van der Waals surface area contributed by atoms with Gasteiger partial charge in [0.25, 0.3) is 11.8 Å². The molecule has 2 aliphatic heterocycles. The van der Waals surface area contributed by atoms with Crippen molar-refractivity contribution in [2.24, 2.45) is 11.7 Å². The summed E-state index contributed by atoms with van der Waals surface area (Å²) in [7, 11) is -0.894. The first kappa shape index (κ1) is 102. The van der Waals surface area contributed by atoms with Crippen LogP contribution in [0.4, 0.5) is 19.7 Å². The van der Waals surface area contributed by atoms with E-state index >= 15 is 0 Å². The summed E-state index contributed by atoms with van der Waals surface area (Å²) in [5.74, 6) is -6.47. The molecule has 11 N–H and O–H groups in total. The van der Waals surface area contributed by atoms with E-state index < -0.39 is 138 Å². The minimum absolute atomic E-state index is 0.00421. The van der Waals surface area contributed by atoms with Crippen LogP contribution < -0.4 is 55.4 Å². The molecule has 0 bridgehead atoms. The standard InChI is InChI=1S/C90H104ClFN18O23S2/c1-55(2)81(102-72(111)30-43-128-44-40-109-74(113)24-25-75(109)114)85(120)101-67(13-10-31-95-89(93)123)84(119)100-62-21-18-59(60(47-62)51-129-52-64-49-108(105-103-64)39-46-131-90(124)104-135(125,126)98-33-27-73(112)107(34-28-76(115)116)35-29-77(117)118)50-110(4)41-36-106(37-42-110)38-45-130-70-23-22-65(56(3)80(70)91)78-79-86(96-54-97-87(79)134-82(78)57-16-19-61(92)20-17-57)133-71(88(121)122)48-58-11-6-8-14-68(58)132-53-63-26-32-94-83(99-63)66-12-7-9-15-69(66)127-5/h6-9,11-12,14-26,32,47,49,54-55,67,71,81,98H,10,13,27-31,33-46,48,50-53H2,1-5H3,(H9-,93,95,100,101,102,104,111,115,116,117,118,119,120,121,122,123,124)/p+1/t67-,71+,81-/m0/s1. The number of fused-ring (bicyclic) bond motifs is 1. The first-order valence-electron chi connectivity index (χ1n) is 43.1. The van der Waals surface area contributed by atoms with Gasteiger partial charge in [-0.1, -0.05) is 85.3 Å². The molecular weight excluding hydrogens is 1820 g/mol. The molecule has 45 heteroatoms. The molecule has 135 heavy (non-hydrogen) atoms. The lowest BCUT2D eigenvalue weighted by Gasteiger charge is -2.42. The Hall–Kier alpha value is -13.8. The number of hydrogen-bond acceptors (Lipinski definition) is 28. The van der Waals surface area contributed by atoms with Gasteiger partial charge in [-0.05, 0) is 108 Å². The lowest BCUT2D eigenvalue weighted by Crippen LogP contribution is -2.57. The highest BCUT2D eigenvalue weighted by molar-refractivity contribution is 7.88. The summed E-state index contributed by atoms with van der Waals surface area (Å²) in [6.07, 6.45) is 2.23. The van der Waals surface area contributed by atoms with Gasteiger partial charge in [-0.2, -0.15) is 13.1 Å². The smallest absolute Gasteiger partial charge is 0.421 e. The van der Waals surface area contributed by atoms with Crippen LogP contribution in [0.2, 0.25) is 5.02 Å². The zero-order valence-electron chi connectivity index (χ0n) is 74.5. The quantitative estimate of drug-likeness (QED) is 0.0104. The maximum absolute atomic E-state index is 14.7. The van der Waals surface area contributed by atoms with Crippen LogP contribution in [0.3, 0.4) is 0 Å². The number of primary amides is 1. The molecule has 2 aliphatic rings. The second-order valence-electron chi connectivity index (χ2n) is 32.1. The van der Waals surface area contributed by atoms with Gasteiger partial charge in [0, 0.05) is 105 Å². The van der Waals surface area contributed by atoms with Crippen LogP contribution in [-0.4, -0.2) is 268 Å².